The van der Waals surface area contributed by atoms with Crippen LogP contribution in [0.4, 0.5) is 16.4 Å². The largest absolute Gasteiger partial charge is 0.450 e. The van der Waals surface area contributed by atoms with Gasteiger partial charge in [0.05, 0.1) is 6.61 Å². The number of hydrogen-bond donors (Lipinski definition) is 0. The summed E-state index contributed by atoms with van der Waals surface area (Å²) in [5.74, 6) is 0.358. The number of aryl methyl sites for hydroxylation is 1. The summed E-state index contributed by atoms with van der Waals surface area (Å²) < 4.78 is 5.03. The molecule has 0 radical (unpaired) electrons. The molecule has 29 heavy (non-hydrogen) atoms. The van der Waals surface area contributed by atoms with Crippen LogP contribution in [0.2, 0.25) is 0 Å². The van der Waals surface area contributed by atoms with Crippen LogP contribution in [0.15, 0.2) is 36.4 Å². The van der Waals surface area contributed by atoms with Gasteiger partial charge in [-0.1, -0.05) is 18.2 Å². The number of nitrogens with zero attached hydrogens (tertiary/aromatic N) is 5. The van der Waals surface area contributed by atoms with Crippen molar-refractivity contribution in [2.24, 2.45) is 0 Å². The summed E-state index contributed by atoms with van der Waals surface area (Å²) in [5, 5.41) is 0. The molecule has 0 N–H and O–H groups in total. The van der Waals surface area contributed by atoms with Crippen molar-refractivity contribution < 1.29 is 14.3 Å². The van der Waals surface area contributed by atoms with Crippen molar-refractivity contribution in [3.63, 3.8) is 0 Å². The molecular formula is C21H27N5O3. The van der Waals surface area contributed by atoms with E-state index in [1.807, 2.05) is 49.1 Å². The van der Waals surface area contributed by atoms with Crippen LogP contribution in [-0.4, -0.2) is 71.1 Å². The van der Waals surface area contributed by atoms with Crippen LogP contribution in [0.3, 0.4) is 0 Å². The number of benzene rings is 1. The summed E-state index contributed by atoms with van der Waals surface area (Å²) in [6.07, 6.45) is -0.332. The van der Waals surface area contributed by atoms with Crippen LogP contribution in [0.25, 0.3) is 0 Å². The molecule has 0 aliphatic carbocycles. The van der Waals surface area contributed by atoms with Gasteiger partial charge in [0.15, 0.2) is 0 Å². The molecule has 1 aromatic heterocycles. The molecule has 0 spiro atoms. The number of hydrogen-bond acceptors (Lipinski definition) is 6. The van der Waals surface area contributed by atoms with Crippen molar-refractivity contribution in [2.75, 3.05) is 44.2 Å². The molecule has 1 aliphatic heterocycles. The van der Waals surface area contributed by atoms with Crippen molar-refractivity contribution in [2.45, 2.75) is 20.8 Å². The van der Waals surface area contributed by atoms with Gasteiger partial charge in [0.25, 0.3) is 5.91 Å². The second-order valence-corrected chi connectivity index (χ2v) is 6.75. The molecule has 1 fully saturated rings. The standard InChI is InChI=1S/C21H27N5O3/c1-4-26(17-9-7-6-8-10-17)20-22-16(3)15-18(23-20)19(27)24-11-13-25(14-12-24)21(28)29-5-2/h6-10,15H,4-5,11-14H2,1-3H3. The zero-order valence-electron chi connectivity index (χ0n) is 17.2. The Morgan fingerprint density at radius 2 is 1.69 bits per heavy atom. The Bertz CT molecular complexity index is 851. The predicted molar refractivity (Wildman–Crippen MR) is 110 cm³/mol. The molecule has 1 aromatic carbocycles. The van der Waals surface area contributed by atoms with E-state index in [2.05, 4.69) is 9.97 Å². The first-order valence-electron chi connectivity index (χ1n) is 9.92. The van der Waals surface area contributed by atoms with Gasteiger partial charge >= 0.3 is 6.09 Å². The normalized spacial score (nSPS) is 13.9. The molecule has 0 bridgehead atoms. The lowest BCUT2D eigenvalue weighted by Gasteiger charge is -2.34. The monoisotopic (exact) mass is 397 g/mol. The number of carbonyl (C=O) groups is 2. The van der Waals surface area contributed by atoms with Crippen molar-refractivity contribution >= 4 is 23.6 Å². The molecule has 8 heteroatoms. The third kappa shape index (κ3) is 4.82. The van der Waals surface area contributed by atoms with Gasteiger partial charge in [-0.3, -0.25) is 4.79 Å². The third-order valence-electron chi connectivity index (χ3n) is 4.78. The second-order valence-electron chi connectivity index (χ2n) is 6.75. The van der Waals surface area contributed by atoms with Gasteiger partial charge < -0.3 is 19.4 Å². The summed E-state index contributed by atoms with van der Waals surface area (Å²) in [5.41, 5.74) is 2.08. The first-order chi connectivity index (χ1) is 14.0. The Morgan fingerprint density at radius 3 is 2.31 bits per heavy atom. The minimum atomic E-state index is -0.332. The van der Waals surface area contributed by atoms with Crippen molar-refractivity contribution in [3.8, 4) is 0 Å². The minimum Gasteiger partial charge on any atom is -0.450 e. The van der Waals surface area contributed by atoms with Gasteiger partial charge in [-0.05, 0) is 39.0 Å². The zero-order valence-corrected chi connectivity index (χ0v) is 17.2. The number of ether oxygens (including phenoxy) is 1. The summed E-state index contributed by atoms with van der Waals surface area (Å²) in [4.78, 5) is 39.3. The van der Waals surface area contributed by atoms with E-state index in [9.17, 15) is 9.59 Å². The lowest BCUT2D eigenvalue weighted by atomic mass is 10.2. The lowest BCUT2D eigenvalue weighted by Crippen LogP contribution is -2.50. The molecule has 2 amide bonds. The molecule has 154 valence electrons. The summed E-state index contributed by atoms with van der Waals surface area (Å²) in [6, 6.07) is 11.6. The highest BCUT2D eigenvalue weighted by molar-refractivity contribution is 5.93. The van der Waals surface area contributed by atoms with Gasteiger partial charge in [-0.15, -0.1) is 0 Å². The van der Waals surface area contributed by atoms with E-state index in [0.29, 0.717) is 51.0 Å². The fourth-order valence-corrected chi connectivity index (χ4v) is 3.30. The van der Waals surface area contributed by atoms with Gasteiger partial charge in [-0.25, -0.2) is 14.8 Å². The van der Waals surface area contributed by atoms with E-state index in [-0.39, 0.29) is 12.0 Å². The van der Waals surface area contributed by atoms with Gasteiger partial charge in [0.2, 0.25) is 5.95 Å². The fourth-order valence-electron chi connectivity index (χ4n) is 3.30. The topological polar surface area (TPSA) is 78.9 Å². The first kappa shape index (κ1) is 20.6. The van der Waals surface area contributed by atoms with Gasteiger partial charge in [0, 0.05) is 44.1 Å². The van der Waals surface area contributed by atoms with Gasteiger partial charge in [-0.2, -0.15) is 0 Å². The molecule has 1 aliphatic rings. The molecule has 0 unspecified atom stereocenters. The highest BCUT2D eigenvalue weighted by Gasteiger charge is 2.27. The molecular weight excluding hydrogens is 370 g/mol. The fraction of sp³-hybridized carbons (Fsp3) is 0.429. The zero-order chi connectivity index (χ0) is 20.8. The Labute approximate surface area is 171 Å². The number of rotatable bonds is 5. The van der Waals surface area contributed by atoms with Crippen LogP contribution in [0.1, 0.15) is 30.0 Å². The maximum absolute atomic E-state index is 13.0. The second kappa shape index (κ2) is 9.36. The van der Waals surface area contributed by atoms with E-state index < -0.39 is 0 Å². The summed E-state index contributed by atoms with van der Waals surface area (Å²) in [7, 11) is 0. The number of aromatic nitrogens is 2. The number of piperazine rings is 1. The van der Waals surface area contributed by atoms with E-state index in [1.165, 1.54) is 0 Å². The molecule has 3 rings (SSSR count). The number of amides is 2. The minimum absolute atomic E-state index is 0.149. The van der Waals surface area contributed by atoms with Crippen molar-refractivity contribution in [1.29, 1.82) is 0 Å². The number of anilines is 2. The maximum atomic E-state index is 13.0. The van der Waals surface area contributed by atoms with E-state index in [1.54, 1.807) is 22.8 Å². The molecule has 8 nitrogen and oxygen atoms in total. The Morgan fingerprint density at radius 1 is 1.03 bits per heavy atom. The quantitative estimate of drug-likeness (QED) is 0.772. The third-order valence-corrected chi connectivity index (χ3v) is 4.78. The highest BCUT2D eigenvalue weighted by Crippen LogP contribution is 2.22. The van der Waals surface area contributed by atoms with E-state index in [4.69, 9.17) is 4.74 Å². The highest BCUT2D eigenvalue weighted by atomic mass is 16.6. The average molecular weight is 397 g/mol. The average Bonchev–Trinajstić information content (AvgIpc) is 2.74. The van der Waals surface area contributed by atoms with Crippen LogP contribution >= 0.6 is 0 Å². The summed E-state index contributed by atoms with van der Waals surface area (Å²) in [6.45, 7) is 8.49. The summed E-state index contributed by atoms with van der Waals surface area (Å²) >= 11 is 0. The van der Waals surface area contributed by atoms with Crippen LogP contribution in [-0.2, 0) is 4.74 Å². The molecule has 2 aromatic rings. The SMILES string of the molecule is CCOC(=O)N1CCN(C(=O)c2cc(C)nc(N(CC)c3ccccc3)n2)CC1. The first-order valence-corrected chi connectivity index (χ1v) is 9.92. The predicted octanol–water partition coefficient (Wildman–Crippen LogP) is 2.86. The van der Waals surface area contributed by atoms with E-state index in [0.717, 1.165) is 11.4 Å². The maximum Gasteiger partial charge on any atom is 0.409 e. The Kier molecular flexibility index (Phi) is 6.64. The van der Waals surface area contributed by atoms with Crippen molar-refractivity contribution in [3.05, 3.63) is 47.8 Å². The van der Waals surface area contributed by atoms with Crippen molar-refractivity contribution in [1.82, 2.24) is 19.8 Å². The smallest absolute Gasteiger partial charge is 0.409 e. The Balaban J connectivity index is 1.76. The van der Waals surface area contributed by atoms with Gasteiger partial charge in [0.1, 0.15) is 5.69 Å². The van der Waals surface area contributed by atoms with Crippen LogP contribution in [0, 0.1) is 6.92 Å². The number of carbonyl (C=O) groups excluding carboxylic acids is 2. The molecule has 0 saturated carbocycles. The molecule has 0 atom stereocenters. The lowest BCUT2D eigenvalue weighted by molar-refractivity contribution is 0.0566. The van der Waals surface area contributed by atoms with Crippen LogP contribution < -0.4 is 4.90 Å². The number of para-hydroxylation sites is 1. The van der Waals surface area contributed by atoms with E-state index >= 15 is 0 Å². The van der Waals surface area contributed by atoms with Crippen LogP contribution in [0.5, 0.6) is 0 Å². The Hall–Kier alpha value is -3.16. The molecule has 1 saturated heterocycles. The molecule has 2 heterocycles.